The Morgan fingerprint density at radius 2 is 2.06 bits per heavy atom. The lowest BCUT2D eigenvalue weighted by Gasteiger charge is -2.30. The van der Waals surface area contributed by atoms with Crippen LogP contribution in [0.2, 0.25) is 0 Å². The topological polar surface area (TPSA) is 70.7 Å². The maximum atomic E-state index is 11.6. The molecule has 0 unspecified atom stereocenters. The van der Waals surface area contributed by atoms with Gasteiger partial charge in [0.1, 0.15) is 0 Å². The Hall–Kier alpha value is -1.30. The summed E-state index contributed by atoms with van der Waals surface area (Å²) in [5.41, 5.74) is 0. The molecule has 0 radical (unpaired) electrons. The number of amides is 2. The minimum Gasteiger partial charge on any atom is -0.439 e. The molecule has 0 aromatic heterocycles. The molecule has 2 N–H and O–H groups in total. The van der Waals surface area contributed by atoms with E-state index in [0.29, 0.717) is 0 Å². The monoisotopic (exact) mass is 229 g/mol. The molecule has 0 bridgehead atoms. The Balaban J connectivity index is 2.31. The van der Waals surface area contributed by atoms with Gasteiger partial charge in [0.05, 0.1) is 0 Å². The minimum atomic E-state index is -0.435. The van der Waals surface area contributed by atoms with Gasteiger partial charge in [-0.3, -0.25) is 4.79 Å². The van der Waals surface area contributed by atoms with Crippen LogP contribution in [0.4, 0.5) is 4.79 Å². The van der Waals surface area contributed by atoms with Crippen molar-refractivity contribution < 1.29 is 14.3 Å². The Kier molecular flexibility index (Phi) is 5.04. The van der Waals surface area contributed by atoms with Crippen molar-refractivity contribution in [2.24, 2.45) is 0 Å². The molecule has 16 heavy (non-hydrogen) atoms. The van der Waals surface area contributed by atoms with Crippen molar-refractivity contribution in [2.75, 3.05) is 33.8 Å². The van der Waals surface area contributed by atoms with Crippen LogP contribution >= 0.6 is 0 Å². The molecule has 1 aliphatic rings. The van der Waals surface area contributed by atoms with E-state index in [1.165, 1.54) is 7.05 Å². The number of hydrogen-bond donors (Lipinski definition) is 2. The van der Waals surface area contributed by atoms with Gasteiger partial charge in [0.2, 0.25) is 0 Å². The van der Waals surface area contributed by atoms with Crippen molar-refractivity contribution in [1.29, 1.82) is 0 Å². The summed E-state index contributed by atoms with van der Waals surface area (Å²) in [6.07, 6.45) is 1.41. The Morgan fingerprint density at radius 3 is 2.62 bits per heavy atom. The van der Waals surface area contributed by atoms with Crippen molar-refractivity contribution in [1.82, 2.24) is 15.5 Å². The van der Waals surface area contributed by atoms with E-state index in [0.717, 1.165) is 25.9 Å². The standard InChI is InChI=1S/C10H19N3O3/c1-11-9(14)7-16-10(15)13(2)8-3-5-12-6-4-8/h8,12H,3-7H2,1-2H3,(H,11,14). The molecule has 1 saturated heterocycles. The molecule has 6 heteroatoms. The molecule has 0 saturated carbocycles. The molecule has 1 fully saturated rings. The molecule has 6 nitrogen and oxygen atoms in total. The second kappa shape index (κ2) is 6.32. The fourth-order valence-corrected chi connectivity index (χ4v) is 1.64. The number of nitrogens with zero attached hydrogens (tertiary/aromatic N) is 1. The van der Waals surface area contributed by atoms with Crippen molar-refractivity contribution in [2.45, 2.75) is 18.9 Å². The maximum Gasteiger partial charge on any atom is 0.410 e. The van der Waals surface area contributed by atoms with Crippen LogP contribution in [0, 0.1) is 0 Å². The van der Waals surface area contributed by atoms with Crippen molar-refractivity contribution >= 4 is 12.0 Å². The number of carbonyl (C=O) groups is 2. The number of ether oxygens (including phenoxy) is 1. The molecule has 1 heterocycles. The smallest absolute Gasteiger partial charge is 0.410 e. The number of likely N-dealkylation sites (N-methyl/N-ethyl adjacent to an activating group) is 1. The molecule has 1 aliphatic heterocycles. The van der Waals surface area contributed by atoms with Crippen LogP contribution < -0.4 is 10.6 Å². The molecule has 0 aromatic carbocycles. The van der Waals surface area contributed by atoms with Gasteiger partial charge in [-0.25, -0.2) is 4.79 Å². The largest absolute Gasteiger partial charge is 0.439 e. The fraction of sp³-hybridized carbons (Fsp3) is 0.800. The van der Waals surface area contributed by atoms with Gasteiger partial charge in [0.25, 0.3) is 5.91 Å². The second-order valence-corrected chi connectivity index (χ2v) is 3.82. The highest BCUT2D eigenvalue weighted by atomic mass is 16.6. The number of hydrogen-bond acceptors (Lipinski definition) is 4. The summed E-state index contributed by atoms with van der Waals surface area (Å²) in [5.74, 6) is -0.299. The Morgan fingerprint density at radius 1 is 1.44 bits per heavy atom. The van der Waals surface area contributed by atoms with Crippen LogP contribution in [0.25, 0.3) is 0 Å². The van der Waals surface area contributed by atoms with Gasteiger partial charge >= 0.3 is 6.09 Å². The third-order valence-electron chi connectivity index (χ3n) is 2.75. The molecule has 1 rings (SSSR count). The normalized spacial score (nSPS) is 16.6. The van der Waals surface area contributed by atoms with E-state index in [1.54, 1.807) is 11.9 Å². The molecular formula is C10H19N3O3. The third kappa shape index (κ3) is 3.69. The first-order chi connectivity index (χ1) is 7.65. The van der Waals surface area contributed by atoms with Crippen molar-refractivity contribution in [3.63, 3.8) is 0 Å². The van der Waals surface area contributed by atoms with Gasteiger partial charge in [0.15, 0.2) is 6.61 Å². The van der Waals surface area contributed by atoms with Crippen LogP contribution in [0.1, 0.15) is 12.8 Å². The summed E-state index contributed by atoms with van der Waals surface area (Å²) >= 11 is 0. The van der Waals surface area contributed by atoms with Gasteiger partial charge < -0.3 is 20.3 Å². The minimum absolute atomic E-state index is 0.207. The van der Waals surface area contributed by atoms with E-state index in [-0.39, 0.29) is 18.6 Å². The molecule has 2 amide bonds. The first kappa shape index (κ1) is 12.8. The molecule has 92 valence electrons. The second-order valence-electron chi connectivity index (χ2n) is 3.82. The predicted molar refractivity (Wildman–Crippen MR) is 59.1 cm³/mol. The highest BCUT2D eigenvalue weighted by Gasteiger charge is 2.23. The average Bonchev–Trinajstić information content (AvgIpc) is 2.35. The number of rotatable bonds is 3. The number of nitrogens with one attached hydrogen (secondary N) is 2. The Bertz CT molecular complexity index is 252. The summed E-state index contributed by atoms with van der Waals surface area (Å²) in [6.45, 7) is 1.61. The van der Waals surface area contributed by atoms with E-state index in [4.69, 9.17) is 4.74 Å². The third-order valence-corrected chi connectivity index (χ3v) is 2.75. The maximum absolute atomic E-state index is 11.6. The molecule has 0 atom stereocenters. The lowest BCUT2D eigenvalue weighted by Crippen LogP contribution is -2.44. The quantitative estimate of drug-likeness (QED) is 0.688. The van der Waals surface area contributed by atoms with Gasteiger partial charge in [-0.15, -0.1) is 0 Å². The fourth-order valence-electron chi connectivity index (χ4n) is 1.64. The molecule has 0 spiro atoms. The molecule has 0 aromatic rings. The summed E-state index contributed by atoms with van der Waals surface area (Å²) in [7, 11) is 3.22. The van der Waals surface area contributed by atoms with Crippen LogP contribution in [0.5, 0.6) is 0 Å². The highest BCUT2D eigenvalue weighted by molar-refractivity contribution is 5.79. The van der Waals surface area contributed by atoms with Crippen LogP contribution in [0.15, 0.2) is 0 Å². The van der Waals surface area contributed by atoms with Gasteiger partial charge in [-0.05, 0) is 25.9 Å². The van der Waals surface area contributed by atoms with E-state index >= 15 is 0 Å². The molecular weight excluding hydrogens is 210 g/mol. The zero-order valence-corrected chi connectivity index (χ0v) is 9.78. The lowest BCUT2D eigenvalue weighted by molar-refractivity contribution is -0.123. The number of carbonyl (C=O) groups excluding carboxylic acids is 2. The highest BCUT2D eigenvalue weighted by Crippen LogP contribution is 2.10. The van der Waals surface area contributed by atoms with E-state index < -0.39 is 6.09 Å². The van der Waals surface area contributed by atoms with Crippen LogP contribution in [0.3, 0.4) is 0 Å². The van der Waals surface area contributed by atoms with Gasteiger partial charge in [0, 0.05) is 20.1 Å². The summed E-state index contributed by atoms with van der Waals surface area (Å²) in [6, 6.07) is 0.207. The van der Waals surface area contributed by atoms with E-state index in [1.807, 2.05) is 0 Å². The summed E-state index contributed by atoms with van der Waals surface area (Å²) in [4.78, 5) is 24.0. The van der Waals surface area contributed by atoms with Crippen molar-refractivity contribution in [3.05, 3.63) is 0 Å². The van der Waals surface area contributed by atoms with E-state index in [9.17, 15) is 9.59 Å². The van der Waals surface area contributed by atoms with Gasteiger partial charge in [-0.1, -0.05) is 0 Å². The van der Waals surface area contributed by atoms with E-state index in [2.05, 4.69) is 10.6 Å². The zero-order valence-electron chi connectivity index (χ0n) is 9.78. The van der Waals surface area contributed by atoms with Gasteiger partial charge in [-0.2, -0.15) is 0 Å². The van der Waals surface area contributed by atoms with Crippen LogP contribution in [-0.2, 0) is 9.53 Å². The van der Waals surface area contributed by atoms with Crippen LogP contribution in [-0.4, -0.2) is 56.7 Å². The first-order valence-corrected chi connectivity index (χ1v) is 5.46. The first-order valence-electron chi connectivity index (χ1n) is 5.46. The SMILES string of the molecule is CNC(=O)COC(=O)N(C)C1CCNCC1. The Labute approximate surface area is 95.3 Å². The summed E-state index contributed by atoms with van der Waals surface area (Å²) < 4.78 is 4.86. The van der Waals surface area contributed by atoms with Crippen molar-refractivity contribution in [3.8, 4) is 0 Å². The lowest BCUT2D eigenvalue weighted by atomic mass is 10.1. The zero-order chi connectivity index (χ0) is 12.0. The average molecular weight is 229 g/mol. The number of piperidine rings is 1. The summed E-state index contributed by atoms with van der Waals surface area (Å²) in [5, 5.41) is 5.62. The molecule has 0 aliphatic carbocycles. The predicted octanol–water partition coefficient (Wildman–Crippen LogP) is -0.447.